The number of primary amides is 1. The molecule has 142 valence electrons. The summed E-state index contributed by atoms with van der Waals surface area (Å²) in [6.07, 6.45) is -0.211. The molecule has 0 aliphatic heterocycles. The highest BCUT2D eigenvalue weighted by atomic mass is 16.6. The minimum Gasteiger partial charge on any atom is -0.466 e. The summed E-state index contributed by atoms with van der Waals surface area (Å²) in [5.74, 6) is -2.98. The molecule has 26 heavy (non-hydrogen) atoms. The fourth-order valence-electron chi connectivity index (χ4n) is 2.36. The number of rotatable bonds is 9. The molecule has 9 nitrogen and oxygen atoms in total. The molecule has 0 saturated heterocycles. The van der Waals surface area contributed by atoms with Crippen molar-refractivity contribution < 1.29 is 24.0 Å². The maximum atomic E-state index is 12.0. The normalized spacial score (nSPS) is 12.9. The molecule has 0 unspecified atom stereocenters. The highest BCUT2D eigenvalue weighted by Gasteiger charge is 2.32. The first-order valence-electron chi connectivity index (χ1n) is 8.17. The number of nitro benzene ring substituents is 1. The van der Waals surface area contributed by atoms with E-state index in [1.807, 2.05) is 0 Å². The van der Waals surface area contributed by atoms with Gasteiger partial charge in [-0.05, 0) is 12.5 Å². The van der Waals surface area contributed by atoms with Gasteiger partial charge in [0.1, 0.15) is 6.04 Å². The number of nitrogens with one attached hydrogen (secondary N) is 1. The number of hydrogen-bond donors (Lipinski definition) is 2. The molecule has 3 N–H and O–H groups in total. The second-order valence-electron chi connectivity index (χ2n) is 6.01. The van der Waals surface area contributed by atoms with Gasteiger partial charge in [0.15, 0.2) is 0 Å². The fourth-order valence-corrected chi connectivity index (χ4v) is 2.36. The van der Waals surface area contributed by atoms with Crippen molar-refractivity contribution in [2.45, 2.75) is 39.2 Å². The first kappa shape index (κ1) is 21.1. The number of hydrogen-bond acceptors (Lipinski definition) is 6. The minimum atomic E-state index is -1.16. The third-order valence-corrected chi connectivity index (χ3v) is 3.75. The van der Waals surface area contributed by atoms with Crippen molar-refractivity contribution in [2.24, 2.45) is 11.7 Å². The maximum Gasteiger partial charge on any atom is 0.306 e. The second kappa shape index (κ2) is 9.50. The zero-order valence-corrected chi connectivity index (χ0v) is 14.9. The number of carbonyl (C=O) groups is 3. The average molecular weight is 365 g/mol. The van der Waals surface area contributed by atoms with E-state index in [1.54, 1.807) is 20.8 Å². The molecule has 1 aromatic rings. The van der Waals surface area contributed by atoms with Gasteiger partial charge < -0.3 is 15.8 Å². The summed E-state index contributed by atoms with van der Waals surface area (Å²) < 4.78 is 4.93. The number of non-ortho nitro benzene ring substituents is 1. The Kier molecular flexibility index (Phi) is 7.70. The van der Waals surface area contributed by atoms with Gasteiger partial charge in [-0.2, -0.15) is 0 Å². The second-order valence-corrected chi connectivity index (χ2v) is 6.01. The van der Waals surface area contributed by atoms with Crippen LogP contribution in [0.25, 0.3) is 0 Å². The van der Waals surface area contributed by atoms with E-state index < -0.39 is 40.6 Å². The number of ether oxygens (including phenoxy) is 1. The van der Waals surface area contributed by atoms with Crippen molar-refractivity contribution in [3.05, 3.63) is 39.9 Å². The van der Waals surface area contributed by atoms with Crippen molar-refractivity contribution in [1.29, 1.82) is 0 Å². The largest absolute Gasteiger partial charge is 0.466 e. The van der Waals surface area contributed by atoms with Crippen LogP contribution in [0.15, 0.2) is 24.3 Å². The molecule has 0 spiro atoms. The molecule has 2 atom stereocenters. The van der Waals surface area contributed by atoms with Crippen molar-refractivity contribution in [3.63, 3.8) is 0 Å². The summed E-state index contributed by atoms with van der Waals surface area (Å²) in [7, 11) is 0. The van der Waals surface area contributed by atoms with Crippen molar-refractivity contribution >= 4 is 23.5 Å². The Morgan fingerprint density at radius 3 is 2.23 bits per heavy atom. The van der Waals surface area contributed by atoms with E-state index in [2.05, 4.69) is 5.32 Å². The first-order chi connectivity index (χ1) is 12.2. The Morgan fingerprint density at radius 1 is 1.23 bits per heavy atom. The highest BCUT2D eigenvalue weighted by Crippen LogP contribution is 2.26. The number of esters is 1. The Morgan fingerprint density at radius 2 is 1.81 bits per heavy atom. The summed E-state index contributed by atoms with van der Waals surface area (Å²) >= 11 is 0. The molecule has 0 aliphatic carbocycles. The minimum absolute atomic E-state index is 0.134. The van der Waals surface area contributed by atoms with Gasteiger partial charge in [-0.25, -0.2) is 0 Å². The maximum absolute atomic E-state index is 12.0. The van der Waals surface area contributed by atoms with Crippen LogP contribution in [0.5, 0.6) is 0 Å². The van der Waals surface area contributed by atoms with Gasteiger partial charge >= 0.3 is 5.97 Å². The fraction of sp³-hybridized carbons (Fsp3) is 0.471. The molecule has 0 bridgehead atoms. The van der Waals surface area contributed by atoms with Gasteiger partial charge in [0.05, 0.1) is 18.0 Å². The van der Waals surface area contributed by atoms with E-state index in [1.165, 1.54) is 24.3 Å². The lowest BCUT2D eigenvalue weighted by Crippen LogP contribution is -2.49. The van der Waals surface area contributed by atoms with E-state index in [-0.39, 0.29) is 18.7 Å². The quantitative estimate of drug-likeness (QED) is 0.383. The third-order valence-electron chi connectivity index (χ3n) is 3.75. The Balaban J connectivity index is 3.23. The molecule has 0 fully saturated rings. The summed E-state index contributed by atoms with van der Waals surface area (Å²) in [5, 5.41) is 13.4. The van der Waals surface area contributed by atoms with Gasteiger partial charge in [0, 0.05) is 24.0 Å². The summed E-state index contributed by atoms with van der Waals surface area (Å²) in [6.45, 7) is 5.11. The third kappa shape index (κ3) is 5.83. The van der Waals surface area contributed by atoms with Crippen LogP contribution in [-0.4, -0.2) is 35.4 Å². The van der Waals surface area contributed by atoms with Gasteiger partial charge in [-0.3, -0.25) is 24.5 Å². The van der Waals surface area contributed by atoms with Gasteiger partial charge in [0.2, 0.25) is 11.8 Å². The van der Waals surface area contributed by atoms with E-state index in [4.69, 9.17) is 10.5 Å². The van der Waals surface area contributed by atoms with Crippen LogP contribution in [0.1, 0.15) is 38.7 Å². The SMILES string of the molecule is CCOC(=O)C[C@H](c1ccc([N+](=O)[O-])cc1)[C@H](NC(=O)C(C)C)C(N)=O. The van der Waals surface area contributed by atoms with Gasteiger partial charge in [-0.1, -0.05) is 26.0 Å². The van der Waals surface area contributed by atoms with Crippen LogP contribution in [-0.2, 0) is 19.1 Å². The average Bonchev–Trinajstić information content (AvgIpc) is 2.57. The molecule has 0 heterocycles. The summed E-state index contributed by atoms with van der Waals surface area (Å²) in [4.78, 5) is 46.2. The lowest BCUT2D eigenvalue weighted by Gasteiger charge is -2.26. The lowest BCUT2D eigenvalue weighted by atomic mass is 9.87. The Labute approximate surface area is 151 Å². The predicted molar refractivity (Wildman–Crippen MR) is 93.1 cm³/mol. The van der Waals surface area contributed by atoms with Crippen LogP contribution >= 0.6 is 0 Å². The summed E-state index contributed by atoms with van der Waals surface area (Å²) in [5.41, 5.74) is 5.76. The zero-order chi connectivity index (χ0) is 19.9. The molecule has 9 heteroatoms. The number of nitro groups is 1. The van der Waals surface area contributed by atoms with E-state index in [0.29, 0.717) is 5.56 Å². The smallest absolute Gasteiger partial charge is 0.306 e. The Hall–Kier alpha value is -2.97. The number of benzene rings is 1. The van der Waals surface area contributed by atoms with Crippen LogP contribution in [0, 0.1) is 16.0 Å². The number of carbonyl (C=O) groups excluding carboxylic acids is 3. The highest BCUT2D eigenvalue weighted by molar-refractivity contribution is 5.89. The number of amides is 2. The van der Waals surface area contributed by atoms with Crippen LogP contribution in [0.3, 0.4) is 0 Å². The van der Waals surface area contributed by atoms with Crippen molar-refractivity contribution in [1.82, 2.24) is 5.32 Å². The Bertz CT molecular complexity index is 672. The molecule has 0 radical (unpaired) electrons. The van der Waals surface area contributed by atoms with Crippen LogP contribution in [0.4, 0.5) is 5.69 Å². The first-order valence-corrected chi connectivity index (χ1v) is 8.17. The monoisotopic (exact) mass is 365 g/mol. The predicted octanol–water partition coefficient (Wildman–Crippen LogP) is 1.26. The van der Waals surface area contributed by atoms with Crippen molar-refractivity contribution in [3.8, 4) is 0 Å². The zero-order valence-electron chi connectivity index (χ0n) is 14.9. The van der Waals surface area contributed by atoms with Crippen LogP contribution in [0.2, 0.25) is 0 Å². The van der Waals surface area contributed by atoms with E-state index in [9.17, 15) is 24.5 Å². The lowest BCUT2D eigenvalue weighted by molar-refractivity contribution is -0.384. The van der Waals surface area contributed by atoms with Crippen molar-refractivity contribution in [2.75, 3.05) is 6.61 Å². The number of nitrogens with zero attached hydrogens (tertiary/aromatic N) is 1. The molecule has 0 aromatic heterocycles. The van der Waals surface area contributed by atoms with Crippen LogP contribution < -0.4 is 11.1 Å². The number of nitrogens with two attached hydrogens (primary N) is 1. The van der Waals surface area contributed by atoms with Gasteiger partial charge in [0.25, 0.3) is 5.69 Å². The molecule has 0 saturated carbocycles. The molecule has 0 aliphatic rings. The molecule has 1 aromatic carbocycles. The standard InChI is InChI=1S/C17H23N3O6/c1-4-26-14(21)9-13(11-5-7-12(8-6-11)20(24)25)15(16(18)22)19-17(23)10(2)3/h5-8,10,13,15H,4,9H2,1-3H3,(H2,18,22)(H,19,23)/t13-,15+/m1/s1. The molecule has 1 rings (SSSR count). The summed E-state index contributed by atoms with van der Waals surface area (Å²) in [6, 6.07) is 4.22. The molecular weight excluding hydrogens is 342 g/mol. The topological polar surface area (TPSA) is 142 Å². The molecule has 2 amide bonds. The van der Waals surface area contributed by atoms with Gasteiger partial charge in [-0.15, -0.1) is 0 Å². The molecular formula is C17H23N3O6. The van der Waals surface area contributed by atoms with E-state index in [0.717, 1.165) is 0 Å². The van der Waals surface area contributed by atoms with E-state index >= 15 is 0 Å².